The number of nitrogens with zero attached hydrogens (tertiary/aromatic N) is 2. The number of rotatable bonds is 2. The summed E-state index contributed by atoms with van der Waals surface area (Å²) < 4.78 is 2.86. The summed E-state index contributed by atoms with van der Waals surface area (Å²) in [7, 11) is 0. The molecule has 0 aliphatic heterocycles. The van der Waals surface area contributed by atoms with Gasteiger partial charge in [0.2, 0.25) is 0 Å². The topological polar surface area (TPSA) is 43.3 Å². The Balaban J connectivity index is 2.54. The zero-order chi connectivity index (χ0) is 10.1. The molecule has 14 heavy (non-hydrogen) atoms. The van der Waals surface area contributed by atoms with Crippen LogP contribution in [0.15, 0.2) is 29.3 Å². The molecule has 0 spiro atoms. The summed E-state index contributed by atoms with van der Waals surface area (Å²) >= 11 is 3.41. The number of hydrogen-bond donors (Lipinski definition) is 1. The number of nitrogens with two attached hydrogens (primary N) is 1. The van der Waals surface area contributed by atoms with Crippen molar-refractivity contribution in [3.63, 3.8) is 0 Å². The standard InChI is InChI=1S/C10H12BrN3/c1-7(5-12)8-2-3-14-6-13-10(11)9(14)4-8/h2-4,6-7H,5,12H2,1H3. The third kappa shape index (κ3) is 1.55. The average molecular weight is 254 g/mol. The molecule has 2 rings (SSSR count). The molecule has 0 fully saturated rings. The maximum absolute atomic E-state index is 5.63. The van der Waals surface area contributed by atoms with Crippen molar-refractivity contribution in [2.24, 2.45) is 5.73 Å². The highest BCUT2D eigenvalue weighted by Crippen LogP contribution is 2.21. The first-order chi connectivity index (χ1) is 6.72. The Hall–Kier alpha value is -0.870. The Bertz CT molecular complexity index is 450. The van der Waals surface area contributed by atoms with Crippen LogP contribution in [0.4, 0.5) is 0 Å². The van der Waals surface area contributed by atoms with Crippen LogP contribution in [-0.2, 0) is 0 Å². The van der Waals surface area contributed by atoms with Gasteiger partial charge in [-0.3, -0.25) is 0 Å². The summed E-state index contributed by atoms with van der Waals surface area (Å²) in [6.45, 7) is 2.79. The predicted molar refractivity (Wildman–Crippen MR) is 60.4 cm³/mol. The van der Waals surface area contributed by atoms with E-state index in [1.54, 1.807) is 6.33 Å². The Morgan fingerprint density at radius 3 is 3.14 bits per heavy atom. The molecule has 0 amide bonds. The predicted octanol–water partition coefficient (Wildman–Crippen LogP) is 2.16. The van der Waals surface area contributed by atoms with Crippen LogP contribution in [0.1, 0.15) is 18.4 Å². The average Bonchev–Trinajstić information content (AvgIpc) is 2.59. The summed E-state index contributed by atoms with van der Waals surface area (Å²) in [6.07, 6.45) is 3.80. The molecular formula is C10H12BrN3. The monoisotopic (exact) mass is 253 g/mol. The highest BCUT2D eigenvalue weighted by atomic mass is 79.9. The number of pyridine rings is 1. The second-order valence-electron chi connectivity index (χ2n) is 3.42. The van der Waals surface area contributed by atoms with Gasteiger partial charge in [0.25, 0.3) is 0 Å². The molecule has 2 aromatic heterocycles. The Morgan fingerprint density at radius 1 is 1.64 bits per heavy atom. The molecular weight excluding hydrogens is 242 g/mol. The molecule has 0 saturated heterocycles. The smallest absolute Gasteiger partial charge is 0.131 e. The minimum absolute atomic E-state index is 0.391. The van der Waals surface area contributed by atoms with Crippen LogP contribution in [0.25, 0.3) is 5.52 Å². The van der Waals surface area contributed by atoms with Crippen molar-refractivity contribution in [3.05, 3.63) is 34.8 Å². The van der Waals surface area contributed by atoms with E-state index in [4.69, 9.17) is 5.73 Å². The highest BCUT2D eigenvalue weighted by Gasteiger charge is 2.06. The molecule has 3 nitrogen and oxygen atoms in total. The van der Waals surface area contributed by atoms with E-state index in [2.05, 4.69) is 40.0 Å². The number of fused-ring (bicyclic) bond motifs is 1. The lowest BCUT2D eigenvalue weighted by Gasteiger charge is -2.08. The van der Waals surface area contributed by atoms with Crippen LogP contribution >= 0.6 is 15.9 Å². The summed E-state index contributed by atoms with van der Waals surface area (Å²) in [4.78, 5) is 4.17. The molecule has 0 radical (unpaired) electrons. The second-order valence-corrected chi connectivity index (χ2v) is 4.18. The molecule has 1 unspecified atom stereocenters. The molecule has 0 saturated carbocycles. The van der Waals surface area contributed by atoms with Crippen LogP contribution in [0.3, 0.4) is 0 Å². The number of hydrogen-bond acceptors (Lipinski definition) is 2. The van der Waals surface area contributed by atoms with Crippen LogP contribution < -0.4 is 5.73 Å². The van der Waals surface area contributed by atoms with Crippen molar-refractivity contribution in [1.82, 2.24) is 9.38 Å². The lowest BCUT2D eigenvalue weighted by molar-refractivity contribution is 0.773. The summed E-state index contributed by atoms with van der Waals surface area (Å²) in [5, 5.41) is 0. The first kappa shape index (κ1) is 9.68. The highest BCUT2D eigenvalue weighted by molar-refractivity contribution is 9.10. The molecule has 2 heterocycles. The van der Waals surface area contributed by atoms with E-state index < -0.39 is 0 Å². The summed E-state index contributed by atoms with van der Waals surface area (Å²) in [5.41, 5.74) is 7.96. The van der Waals surface area contributed by atoms with Gasteiger partial charge in [-0.15, -0.1) is 0 Å². The molecule has 0 aliphatic carbocycles. The number of aromatic nitrogens is 2. The molecule has 0 bridgehead atoms. The van der Waals surface area contributed by atoms with E-state index in [1.807, 2.05) is 10.6 Å². The van der Waals surface area contributed by atoms with Crippen molar-refractivity contribution in [2.75, 3.05) is 6.54 Å². The van der Waals surface area contributed by atoms with E-state index >= 15 is 0 Å². The van der Waals surface area contributed by atoms with Crippen LogP contribution in [-0.4, -0.2) is 15.9 Å². The maximum Gasteiger partial charge on any atom is 0.131 e. The van der Waals surface area contributed by atoms with Gasteiger partial charge in [-0.2, -0.15) is 0 Å². The van der Waals surface area contributed by atoms with Gasteiger partial charge >= 0.3 is 0 Å². The first-order valence-corrected chi connectivity index (χ1v) is 5.34. The van der Waals surface area contributed by atoms with Crippen LogP contribution in [0.5, 0.6) is 0 Å². The van der Waals surface area contributed by atoms with Crippen molar-refractivity contribution >= 4 is 21.4 Å². The zero-order valence-electron chi connectivity index (χ0n) is 7.94. The normalized spacial score (nSPS) is 13.4. The van der Waals surface area contributed by atoms with Gasteiger partial charge in [-0.05, 0) is 46.1 Å². The zero-order valence-corrected chi connectivity index (χ0v) is 9.53. The van der Waals surface area contributed by atoms with Gasteiger partial charge in [-0.1, -0.05) is 6.92 Å². The largest absolute Gasteiger partial charge is 0.330 e. The fraction of sp³-hybridized carbons (Fsp3) is 0.300. The van der Waals surface area contributed by atoms with Gasteiger partial charge in [0, 0.05) is 6.20 Å². The minimum atomic E-state index is 0.391. The van der Waals surface area contributed by atoms with Crippen LogP contribution in [0.2, 0.25) is 0 Å². The van der Waals surface area contributed by atoms with Crippen molar-refractivity contribution < 1.29 is 0 Å². The van der Waals surface area contributed by atoms with E-state index in [1.165, 1.54) is 5.56 Å². The maximum atomic E-state index is 5.63. The fourth-order valence-electron chi connectivity index (χ4n) is 1.42. The van der Waals surface area contributed by atoms with Gasteiger partial charge in [0.15, 0.2) is 0 Å². The van der Waals surface area contributed by atoms with Gasteiger partial charge in [0.05, 0.1) is 5.52 Å². The third-order valence-corrected chi connectivity index (χ3v) is 3.05. The van der Waals surface area contributed by atoms with Gasteiger partial charge < -0.3 is 10.1 Å². The Labute approximate surface area is 91.1 Å². The van der Waals surface area contributed by atoms with Crippen molar-refractivity contribution in [3.8, 4) is 0 Å². The third-order valence-electron chi connectivity index (χ3n) is 2.44. The van der Waals surface area contributed by atoms with Crippen molar-refractivity contribution in [1.29, 1.82) is 0 Å². The van der Waals surface area contributed by atoms with Crippen LogP contribution in [0, 0.1) is 0 Å². The summed E-state index contributed by atoms with van der Waals surface area (Å²) in [5.74, 6) is 0.391. The lowest BCUT2D eigenvalue weighted by Crippen LogP contribution is -2.08. The van der Waals surface area contributed by atoms with Crippen molar-refractivity contribution in [2.45, 2.75) is 12.8 Å². The van der Waals surface area contributed by atoms with Gasteiger partial charge in [-0.25, -0.2) is 4.98 Å². The first-order valence-electron chi connectivity index (χ1n) is 4.54. The van der Waals surface area contributed by atoms with E-state index in [0.717, 1.165) is 10.1 Å². The summed E-state index contributed by atoms with van der Waals surface area (Å²) in [6, 6.07) is 4.20. The van der Waals surface area contributed by atoms with E-state index in [9.17, 15) is 0 Å². The number of halogens is 1. The Morgan fingerprint density at radius 2 is 2.43 bits per heavy atom. The van der Waals surface area contributed by atoms with E-state index in [-0.39, 0.29) is 0 Å². The molecule has 2 aromatic rings. The van der Waals surface area contributed by atoms with Gasteiger partial charge in [0.1, 0.15) is 10.9 Å². The fourth-order valence-corrected chi connectivity index (χ4v) is 1.83. The lowest BCUT2D eigenvalue weighted by atomic mass is 10.0. The number of imidazole rings is 1. The quantitative estimate of drug-likeness (QED) is 0.892. The molecule has 0 aliphatic rings. The molecule has 4 heteroatoms. The minimum Gasteiger partial charge on any atom is -0.330 e. The molecule has 74 valence electrons. The molecule has 2 N–H and O–H groups in total. The molecule has 0 aromatic carbocycles. The SMILES string of the molecule is CC(CN)c1ccn2cnc(Br)c2c1. The Kier molecular flexibility index (Phi) is 2.56. The second kappa shape index (κ2) is 3.71. The molecule has 1 atom stereocenters. The van der Waals surface area contributed by atoms with E-state index in [0.29, 0.717) is 12.5 Å².